The van der Waals surface area contributed by atoms with E-state index >= 15 is 0 Å². The Balaban J connectivity index is 1.63. The molecule has 2 amide bonds. The fraction of sp³-hybridized carbons (Fsp3) is 0.652. The number of likely N-dealkylation sites (tertiary alicyclic amines) is 1. The lowest BCUT2D eigenvalue weighted by Gasteiger charge is -2.33. The van der Waals surface area contributed by atoms with Crippen molar-refractivity contribution < 1.29 is 14.3 Å². The largest absolute Gasteiger partial charge is 0.497 e. The van der Waals surface area contributed by atoms with Crippen LogP contribution in [-0.2, 0) is 9.59 Å². The second-order valence-corrected chi connectivity index (χ2v) is 8.62. The van der Waals surface area contributed by atoms with E-state index in [2.05, 4.69) is 22.3 Å². The van der Waals surface area contributed by atoms with Crippen molar-refractivity contribution in [3.8, 4) is 5.75 Å². The first-order valence-corrected chi connectivity index (χ1v) is 10.9. The van der Waals surface area contributed by atoms with E-state index in [9.17, 15) is 9.59 Å². The van der Waals surface area contributed by atoms with E-state index < -0.39 is 0 Å². The van der Waals surface area contributed by atoms with Gasteiger partial charge in [0.15, 0.2) is 0 Å². The van der Waals surface area contributed by atoms with Gasteiger partial charge in [-0.1, -0.05) is 37.8 Å². The second-order valence-electron chi connectivity index (χ2n) is 8.62. The van der Waals surface area contributed by atoms with Crippen LogP contribution < -0.4 is 10.1 Å². The highest BCUT2D eigenvalue weighted by molar-refractivity contribution is 5.81. The van der Waals surface area contributed by atoms with Gasteiger partial charge in [0.2, 0.25) is 11.8 Å². The summed E-state index contributed by atoms with van der Waals surface area (Å²) in [5, 5.41) is 3.28. The van der Waals surface area contributed by atoms with Crippen molar-refractivity contribution in [1.29, 1.82) is 0 Å². The Hall–Kier alpha value is -2.04. The highest BCUT2D eigenvalue weighted by Gasteiger charge is 2.46. The van der Waals surface area contributed by atoms with Crippen LogP contribution in [0.5, 0.6) is 5.75 Å². The van der Waals surface area contributed by atoms with Gasteiger partial charge in [-0.15, -0.1) is 0 Å². The first-order valence-electron chi connectivity index (χ1n) is 10.9. The van der Waals surface area contributed by atoms with Crippen molar-refractivity contribution in [1.82, 2.24) is 10.2 Å². The van der Waals surface area contributed by atoms with E-state index in [-0.39, 0.29) is 29.8 Å². The average Bonchev–Trinajstić information content (AvgIpc) is 3.07. The van der Waals surface area contributed by atoms with E-state index in [4.69, 9.17) is 4.74 Å². The lowest BCUT2D eigenvalue weighted by atomic mass is 9.87. The van der Waals surface area contributed by atoms with Crippen LogP contribution in [0.3, 0.4) is 0 Å². The molecule has 2 saturated heterocycles. The van der Waals surface area contributed by atoms with Crippen molar-refractivity contribution in [2.75, 3.05) is 13.7 Å². The van der Waals surface area contributed by atoms with Crippen LogP contribution in [0.25, 0.3) is 0 Å². The molecule has 0 spiro atoms. The Morgan fingerprint density at radius 3 is 2.68 bits per heavy atom. The van der Waals surface area contributed by atoms with Crippen LogP contribution >= 0.6 is 0 Å². The summed E-state index contributed by atoms with van der Waals surface area (Å²) in [5.74, 6) is 1.54. The molecule has 152 valence electrons. The van der Waals surface area contributed by atoms with Gasteiger partial charge in [0.25, 0.3) is 0 Å². The topological polar surface area (TPSA) is 58.6 Å². The van der Waals surface area contributed by atoms with Crippen LogP contribution in [-0.4, -0.2) is 42.5 Å². The molecule has 4 rings (SSSR count). The number of hydrogen-bond donors (Lipinski definition) is 1. The number of nitrogens with zero attached hydrogens (tertiary/aromatic N) is 1. The van der Waals surface area contributed by atoms with E-state index in [1.807, 2.05) is 12.1 Å². The third-order valence-electron chi connectivity index (χ3n) is 6.88. The highest BCUT2D eigenvalue weighted by Crippen LogP contribution is 2.38. The van der Waals surface area contributed by atoms with Crippen LogP contribution in [0.2, 0.25) is 0 Å². The number of hydrogen-bond acceptors (Lipinski definition) is 3. The smallest absolute Gasteiger partial charge is 0.226 e. The minimum atomic E-state index is -0.00699. The lowest BCUT2D eigenvalue weighted by Crippen LogP contribution is -2.50. The third-order valence-corrected chi connectivity index (χ3v) is 6.88. The number of carbonyl (C=O) groups is 2. The molecule has 1 aliphatic carbocycles. The van der Waals surface area contributed by atoms with Gasteiger partial charge in [0.1, 0.15) is 5.75 Å². The number of rotatable bonds is 3. The molecule has 28 heavy (non-hydrogen) atoms. The lowest BCUT2D eigenvalue weighted by molar-refractivity contribution is -0.138. The van der Waals surface area contributed by atoms with E-state index in [0.717, 1.165) is 56.3 Å². The molecule has 3 fully saturated rings. The SMILES string of the molecule is COc1cccc([C@@H]2CN(C(=O)C3CCCCC3)[C@@H]3CCCCC(=O)N[C@H]32)c1. The number of ether oxygens (including phenoxy) is 1. The number of methoxy groups -OCH3 is 1. The van der Waals surface area contributed by atoms with E-state index in [1.54, 1.807) is 7.11 Å². The van der Waals surface area contributed by atoms with Gasteiger partial charge in [0, 0.05) is 24.8 Å². The first kappa shape index (κ1) is 19.3. The molecule has 0 bridgehead atoms. The number of carbonyl (C=O) groups excluding carboxylic acids is 2. The van der Waals surface area contributed by atoms with E-state index in [0.29, 0.717) is 18.9 Å². The van der Waals surface area contributed by atoms with E-state index in [1.165, 1.54) is 6.42 Å². The molecule has 2 aliphatic heterocycles. The predicted octanol–water partition coefficient (Wildman–Crippen LogP) is 3.63. The Morgan fingerprint density at radius 2 is 1.89 bits per heavy atom. The summed E-state index contributed by atoms with van der Waals surface area (Å²) < 4.78 is 5.42. The van der Waals surface area contributed by atoms with Crippen LogP contribution in [0, 0.1) is 5.92 Å². The summed E-state index contributed by atoms with van der Waals surface area (Å²) >= 11 is 0. The summed E-state index contributed by atoms with van der Waals surface area (Å²) in [5.41, 5.74) is 1.15. The summed E-state index contributed by atoms with van der Waals surface area (Å²) in [7, 11) is 1.67. The Kier molecular flexibility index (Phi) is 5.88. The van der Waals surface area contributed by atoms with Gasteiger partial charge in [-0.3, -0.25) is 9.59 Å². The molecule has 1 N–H and O–H groups in total. The molecular weight excluding hydrogens is 352 g/mol. The molecule has 1 aromatic rings. The number of benzene rings is 1. The number of fused-ring (bicyclic) bond motifs is 1. The third kappa shape index (κ3) is 3.89. The standard InChI is InChI=1S/C23H32N2O3/c1-28-18-11-7-10-17(14-18)19-15-25(23(27)16-8-3-2-4-9-16)20-12-5-6-13-21(26)24-22(19)20/h7,10-11,14,16,19-20,22H,2-6,8-9,12-13,15H2,1H3,(H,24,26)/t19-,20+,22-/m0/s1. The Morgan fingerprint density at radius 1 is 1.11 bits per heavy atom. The van der Waals surface area contributed by atoms with Gasteiger partial charge in [0.05, 0.1) is 19.2 Å². The number of amides is 2. The summed E-state index contributed by atoms with van der Waals surface area (Å²) in [6.45, 7) is 0.693. The van der Waals surface area contributed by atoms with Crippen molar-refractivity contribution in [3.63, 3.8) is 0 Å². The zero-order valence-electron chi connectivity index (χ0n) is 16.9. The maximum Gasteiger partial charge on any atom is 0.226 e. The maximum atomic E-state index is 13.4. The van der Waals surface area contributed by atoms with Crippen molar-refractivity contribution in [3.05, 3.63) is 29.8 Å². The Bertz CT molecular complexity index is 714. The highest BCUT2D eigenvalue weighted by atomic mass is 16.5. The molecule has 3 atom stereocenters. The molecule has 5 nitrogen and oxygen atoms in total. The van der Waals surface area contributed by atoms with Gasteiger partial charge < -0.3 is 15.0 Å². The summed E-state index contributed by atoms with van der Waals surface area (Å²) in [6, 6.07) is 8.20. The predicted molar refractivity (Wildman–Crippen MR) is 108 cm³/mol. The molecular formula is C23H32N2O3. The molecule has 0 unspecified atom stereocenters. The van der Waals surface area contributed by atoms with Crippen LogP contribution in [0.1, 0.15) is 69.3 Å². The Labute approximate surface area is 167 Å². The average molecular weight is 385 g/mol. The molecule has 1 saturated carbocycles. The summed E-state index contributed by atoms with van der Waals surface area (Å²) in [4.78, 5) is 28.0. The van der Waals surface area contributed by atoms with Crippen molar-refractivity contribution in [2.45, 2.75) is 75.8 Å². The zero-order valence-corrected chi connectivity index (χ0v) is 16.9. The molecule has 0 aromatic heterocycles. The quantitative estimate of drug-likeness (QED) is 0.866. The van der Waals surface area contributed by atoms with Gasteiger partial charge in [-0.25, -0.2) is 0 Å². The minimum absolute atomic E-state index is 0.00699. The van der Waals surface area contributed by atoms with Gasteiger partial charge in [-0.05, 0) is 43.4 Å². The fourth-order valence-electron chi connectivity index (χ4n) is 5.37. The van der Waals surface area contributed by atoms with Gasteiger partial charge in [-0.2, -0.15) is 0 Å². The maximum absolute atomic E-state index is 13.4. The summed E-state index contributed by atoms with van der Waals surface area (Å²) in [6.07, 6.45) is 9.08. The van der Waals surface area contributed by atoms with Crippen LogP contribution in [0.15, 0.2) is 24.3 Å². The first-order chi connectivity index (χ1) is 13.7. The molecule has 3 aliphatic rings. The molecule has 5 heteroatoms. The van der Waals surface area contributed by atoms with Crippen molar-refractivity contribution >= 4 is 11.8 Å². The molecule has 1 aromatic carbocycles. The second kappa shape index (κ2) is 8.54. The minimum Gasteiger partial charge on any atom is -0.497 e. The fourth-order valence-corrected chi connectivity index (χ4v) is 5.37. The molecule has 2 heterocycles. The molecule has 0 radical (unpaired) electrons. The van der Waals surface area contributed by atoms with Crippen molar-refractivity contribution in [2.24, 2.45) is 5.92 Å². The van der Waals surface area contributed by atoms with Crippen LogP contribution in [0.4, 0.5) is 0 Å². The zero-order chi connectivity index (χ0) is 19.5. The van der Waals surface area contributed by atoms with Gasteiger partial charge >= 0.3 is 0 Å². The monoisotopic (exact) mass is 384 g/mol. The number of nitrogens with one attached hydrogen (secondary N) is 1. The normalized spacial score (nSPS) is 28.8.